The number of carbonyl (C=O) groups excluding carboxylic acids is 2. The second kappa shape index (κ2) is 9.59. The van der Waals surface area contributed by atoms with E-state index in [1.807, 2.05) is 13.8 Å². The zero-order valence-corrected chi connectivity index (χ0v) is 19.0. The van der Waals surface area contributed by atoms with E-state index in [0.29, 0.717) is 40.3 Å². The Morgan fingerprint density at radius 2 is 1.97 bits per heavy atom. The summed E-state index contributed by atoms with van der Waals surface area (Å²) in [6.07, 6.45) is 1.68. The number of benzene rings is 1. The Labute approximate surface area is 184 Å². The zero-order valence-electron chi connectivity index (χ0n) is 18.2. The molecule has 9 heteroatoms. The lowest BCUT2D eigenvalue weighted by Gasteiger charge is -2.18. The predicted molar refractivity (Wildman–Crippen MR) is 122 cm³/mol. The second-order valence-electron chi connectivity index (χ2n) is 7.42. The molecule has 0 bridgehead atoms. The summed E-state index contributed by atoms with van der Waals surface area (Å²) in [6.45, 7) is 11.0. The Hall–Kier alpha value is -2.75. The molecule has 31 heavy (non-hydrogen) atoms. The summed E-state index contributed by atoms with van der Waals surface area (Å²) < 4.78 is 20.8. The molecule has 0 fully saturated rings. The lowest BCUT2D eigenvalue weighted by molar-refractivity contribution is -0.110. The average molecular weight is 445 g/mol. The van der Waals surface area contributed by atoms with Gasteiger partial charge < -0.3 is 25.1 Å². The van der Waals surface area contributed by atoms with Crippen LogP contribution < -0.4 is 10.6 Å². The number of aromatic amines is 1. The monoisotopic (exact) mass is 444 g/mol. The van der Waals surface area contributed by atoms with E-state index < -0.39 is 11.1 Å². The molecule has 2 heterocycles. The Balaban J connectivity index is 1.87. The highest BCUT2D eigenvalue weighted by molar-refractivity contribution is 7.79. The molecule has 2 aromatic rings. The minimum Gasteiger partial charge on any atom is -0.358 e. The van der Waals surface area contributed by atoms with Gasteiger partial charge in [0.1, 0.15) is 0 Å². The van der Waals surface area contributed by atoms with Crippen LogP contribution in [0.4, 0.5) is 5.69 Å². The topological polar surface area (TPSA) is 115 Å². The molecule has 0 radical (unpaired) electrons. The Morgan fingerprint density at radius 3 is 2.61 bits per heavy atom. The first-order chi connectivity index (χ1) is 14.8. The lowest BCUT2D eigenvalue weighted by Crippen LogP contribution is -2.35. The van der Waals surface area contributed by atoms with Crippen LogP contribution in [0.3, 0.4) is 0 Å². The van der Waals surface area contributed by atoms with E-state index in [1.54, 1.807) is 12.1 Å². The molecule has 1 aliphatic rings. The Kier molecular flexibility index (Phi) is 7.09. The summed E-state index contributed by atoms with van der Waals surface area (Å²) in [5, 5.41) is 5.73. The summed E-state index contributed by atoms with van der Waals surface area (Å²) in [5.74, 6) is -0.454. The number of carbonyl (C=O) groups is 2. The molecule has 2 amide bonds. The number of nitrogens with zero attached hydrogens (tertiary/aromatic N) is 1. The van der Waals surface area contributed by atoms with Gasteiger partial charge in [0.15, 0.2) is 11.1 Å². The van der Waals surface area contributed by atoms with Gasteiger partial charge in [-0.05, 0) is 56.8 Å². The summed E-state index contributed by atoms with van der Waals surface area (Å²) in [7, 11) is 0. The standard InChI is InChI=1S/C22H28N4O4S/c1-5-26(6-2)10-9-23-22(28)20-13(3)19(24-14(20)4)12-17-16-11-15(31(29)30)7-8-18(16)25-21(17)27/h7-8,11-12,24H,5-6,9-10H2,1-4H3,(H,23,28)(H,25,27)(H,29,30)/b17-12-. The third-order valence-corrected chi connectivity index (χ3v) is 6.23. The van der Waals surface area contributed by atoms with Crippen molar-refractivity contribution in [1.29, 1.82) is 0 Å². The van der Waals surface area contributed by atoms with Crippen molar-refractivity contribution in [2.45, 2.75) is 32.6 Å². The molecule has 1 aromatic carbocycles. The average Bonchev–Trinajstić information content (AvgIpc) is 3.20. The van der Waals surface area contributed by atoms with Crippen molar-refractivity contribution < 1.29 is 18.4 Å². The van der Waals surface area contributed by atoms with Gasteiger partial charge in [0.25, 0.3) is 11.8 Å². The number of fused-ring (bicyclic) bond motifs is 1. The lowest BCUT2D eigenvalue weighted by atomic mass is 10.0. The SMILES string of the molecule is CCN(CC)CCNC(=O)c1c(C)[nH]c(/C=C2\C(=O)Nc3ccc(S(=O)O)cc32)c1C. The van der Waals surface area contributed by atoms with E-state index in [2.05, 4.69) is 34.4 Å². The van der Waals surface area contributed by atoms with Crippen molar-refractivity contribution >= 4 is 40.2 Å². The third-order valence-electron chi connectivity index (χ3n) is 5.58. The van der Waals surface area contributed by atoms with Crippen LogP contribution in [0.1, 0.15) is 46.7 Å². The molecule has 3 rings (SSSR count). The first kappa shape index (κ1) is 22.9. The van der Waals surface area contributed by atoms with Crippen LogP contribution in [0, 0.1) is 13.8 Å². The maximum atomic E-state index is 12.8. The fourth-order valence-electron chi connectivity index (χ4n) is 3.78. The van der Waals surface area contributed by atoms with Crippen molar-refractivity contribution in [3.63, 3.8) is 0 Å². The van der Waals surface area contributed by atoms with Crippen molar-refractivity contribution in [2.75, 3.05) is 31.5 Å². The second-order valence-corrected chi connectivity index (χ2v) is 8.38. The molecule has 1 atom stereocenters. The number of nitrogens with one attached hydrogen (secondary N) is 3. The Morgan fingerprint density at radius 1 is 1.26 bits per heavy atom. The highest BCUT2D eigenvalue weighted by Gasteiger charge is 2.26. The molecule has 166 valence electrons. The molecule has 1 aliphatic heterocycles. The van der Waals surface area contributed by atoms with Crippen LogP contribution in [0.15, 0.2) is 23.1 Å². The van der Waals surface area contributed by atoms with Crippen molar-refractivity contribution in [1.82, 2.24) is 15.2 Å². The van der Waals surface area contributed by atoms with Gasteiger partial charge in [0.05, 0.1) is 16.0 Å². The fraction of sp³-hybridized carbons (Fsp3) is 0.364. The van der Waals surface area contributed by atoms with Crippen LogP contribution in [0.5, 0.6) is 0 Å². The van der Waals surface area contributed by atoms with E-state index in [9.17, 15) is 18.4 Å². The van der Waals surface area contributed by atoms with Gasteiger partial charge in [0.2, 0.25) is 0 Å². The highest BCUT2D eigenvalue weighted by Crippen LogP contribution is 2.35. The van der Waals surface area contributed by atoms with E-state index >= 15 is 0 Å². The number of amides is 2. The van der Waals surface area contributed by atoms with Gasteiger partial charge in [-0.15, -0.1) is 0 Å². The van der Waals surface area contributed by atoms with Gasteiger partial charge >= 0.3 is 0 Å². The third kappa shape index (κ3) is 4.79. The summed E-state index contributed by atoms with van der Waals surface area (Å²) in [5.41, 5.74) is 4.19. The van der Waals surface area contributed by atoms with Crippen LogP contribution in [0.2, 0.25) is 0 Å². The Bertz CT molecular complexity index is 1070. The van der Waals surface area contributed by atoms with Crippen LogP contribution in [0.25, 0.3) is 11.6 Å². The smallest absolute Gasteiger partial charge is 0.256 e. The quantitative estimate of drug-likeness (QED) is 0.369. The molecular weight excluding hydrogens is 416 g/mol. The van der Waals surface area contributed by atoms with Gasteiger partial charge in [-0.2, -0.15) is 0 Å². The highest BCUT2D eigenvalue weighted by atomic mass is 32.2. The molecule has 0 saturated carbocycles. The van der Waals surface area contributed by atoms with Crippen molar-refractivity contribution in [3.8, 4) is 0 Å². The normalized spacial score (nSPS) is 15.3. The largest absolute Gasteiger partial charge is 0.358 e. The van der Waals surface area contributed by atoms with Crippen LogP contribution in [-0.2, 0) is 15.9 Å². The number of aryl methyl sites for hydroxylation is 1. The first-order valence-electron chi connectivity index (χ1n) is 10.2. The predicted octanol–water partition coefficient (Wildman–Crippen LogP) is 2.78. The van der Waals surface area contributed by atoms with Gasteiger partial charge in [0, 0.05) is 35.7 Å². The summed E-state index contributed by atoms with van der Waals surface area (Å²) in [6, 6.07) is 4.64. The van der Waals surface area contributed by atoms with E-state index in [0.717, 1.165) is 25.2 Å². The minimum absolute atomic E-state index is 0.155. The number of hydrogen-bond acceptors (Lipinski definition) is 4. The van der Waals surface area contributed by atoms with E-state index in [4.69, 9.17) is 0 Å². The maximum Gasteiger partial charge on any atom is 0.256 e. The summed E-state index contributed by atoms with van der Waals surface area (Å²) >= 11 is -2.14. The molecule has 0 spiro atoms. The molecule has 0 aliphatic carbocycles. The number of hydrogen-bond donors (Lipinski definition) is 4. The molecule has 1 unspecified atom stereocenters. The van der Waals surface area contributed by atoms with Crippen LogP contribution >= 0.6 is 0 Å². The number of anilines is 1. The van der Waals surface area contributed by atoms with Crippen molar-refractivity contribution in [3.05, 3.63) is 46.3 Å². The van der Waals surface area contributed by atoms with Crippen molar-refractivity contribution in [2.24, 2.45) is 0 Å². The first-order valence-corrected chi connectivity index (χ1v) is 11.4. The van der Waals surface area contributed by atoms with E-state index in [1.165, 1.54) is 12.1 Å². The van der Waals surface area contributed by atoms with Gasteiger partial charge in [-0.3, -0.25) is 9.59 Å². The number of aromatic nitrogens is 1. The number of likely N-dealkylation sites (N-methyl/N-ethyl adjacent to an activating group) is 1. The molecule has 8 nitrogen and oxygen atoms in total. The molecule has 0 saturated heterocycles. The molecular formula is C22H28N4O4S. The number of rotatable bonds is 8. The fourth-order valence-corrected chi connectivity index (χ4v) is 4.18. The number of H-pyrrole nitrogens is 1. The molecule has 1 aromatic heterocycles. The summed E-state index contributed by atoms with van der Waals surface area (Å²) in [4.78, 5) is 30.9. The van der Waals surface area contributed by atoms with E-state index in [-0.39, 0.29) is 16.7 Å². The zero-order chi connectivity index (χ0) is 22.7. The molecule has 4 N–H and O–H groups in total. The maximum absolute atomic E-state index is 12.8. The minimum atomic E-state index is -2.14. The van der Waals surface area contributed by atoms with Gasteiger partial charge in [-0.1, -0.05) is 13.8 Å². The van der Waals surface area contributed by atoms with Crippen LogP contribution in [-0.4, -0.2) is 56.6 Å². The van der Waals surface area contributed by atoms with Gasteiger partial charge in [-0.25, -0.2) is 4.21 Å².